The van der Waals surface area contributed by atoms with Crippen molar-refractivity contribution in [2.45, 2.75) is 0 Å². The molecule has 0 fully saturated rings. The second kappa shape index (κ2) is 5.41. The third kappa shape index (κ3) is 2.43. The Morgan fingerprint density at radius 1 is 1.18 bits per heavy atom. The summed E-state index contributed by atoms with van der Waals surface area (Å²) in [4.78, 5) is 22.7. The van der Waals surface area contributed by atoms with Crippen molar-refractivity contribution < 1.29 is 14.4 Å². The van der Waals surface area contributed by atoms with E-state index in [1.54, 1.807) is 46.9 Å². The predicted octanol–water partition coefficient (Wildman–Crippen LogP) is 3.68. The first kappa shape index (κ1) is 14.5. The van der Waals surface area contributed by atoms with Gasteiger partial charge in [-0.3, -0.25) is 14.9 Å². The fourth-order valence-electron chi connectivity index (χ4n) is 2.14. The van der Waals surface area contributed by atoms with Gasteiger partial charge in [0.2, 0.25) is 0 Å². The van der Waals surface area contributed by atoms with Crippen molar-refractivity contribution in [3.8, 4) is 17.1 Å². The van der Waals surface area contributed by atoms with Gasteiger partial charge < -0.3 is 9.52 Å². The summed E-state index contributed by atoms with van der Waals surface area (Å²) in [5.41, 5.74) is -0.145. The summed E-state index contributed by atoms with van der Waals surface area (Å²) >= 11 is 1.79. The number of nitro benzene ring substituents is 1. The number of benzene rings is 2. The van der Waals surface area contributed by atoms with E-state index in [0.717, 1.165) is 0 Å². The van der Waals surface area contributed by atoms with Crippen molar-refractivity contribution in [2.75, 3.05) is 0 Å². The minimum atomic E-state index is -0.577. The number of aromatic hydroxyl groups is 1. The molecule has 0 saturated carbocycles. The number of fused-ring (bicyclic) bond motifs is 1. The van der Waals surface area contributed by atoms with Crippen LogP contribution >= 0.6 is 22.6 Å². The lowest BCUT2D eigenvalue weighted by atomic mass is 10.1. The van der Waals surface area contributed by atoms with Gasteiger partial charge >= 0.3 is 0 Å². The molecule has 2 aromatic carbocycles. The molecule has 3 rings (SSSR count). The SMILES string of the molecule is O=c1cc(-c2cc(O)c(I)cc2[N+](=O)[O-])oc2ccccc12. The van der Waals surface area contributed by atoms with Gasteiger partial charge in [0, 0.05) is 12.1 Å². The topological polar surface area (TPSA) is 93.6 Å². The summed E-state index contributed by atoms with van der Waals surface area (Å²) in [7, 11) is 0. The number of phenolic OH excluding ortho intramolecular Hbond substituents is 1. The highest BCUT2D eigenvalue weighted by atomic mass is 127. The van der Waals surface area contributed by atoms with Gasteiger partial charge in [-0.05, 0) is 40.8 Å². The Kier molecular flexibility index (Phi) is 3.57. The quantitative estimate of drug-likeness (QED) is 0.396. The van der Waals surface area contributed by atoms with Gasteiger partial charge in [0.15, 0.2) is 5.43 Å². The van der Waals surface area contributed by atoms with Crippen LogP contribution in [-0.4, -0.2) is 10.0 Å². The average molecular weight is 409 g/mol. The molecule has 0 amide bonds. The maximum absolute atomic E-state index is 12.1. The summed E-state index contributed by atoms with van der Waals surface area (Å²) in [6.07, 6.45) is 0. The zero-order valence-electron chi connectivity index (χ0n) is 10.9. The molecule has 110 valence electrons. The summed E-state index contributed by atoms with van der Waals surface area (Å²) in [6, 6.07) is 10.3. The number of rotatable bonds is 2. The Morgan fingerprint density at radius 3 is 2.64 bits per heavy atom. The molecule has 0 radical (unpaired) electrons. The number of phenols is 1. The normalized spacial score (nSPS) is 10.8. The number of hydrogen-bond acceptors (Lipinski definition) is 5. The van der Waals surface area contributed by atoms with Gasteiger partial charge in [-0.25, -0.2) is 0 Å². The van der Waals surface area contributed by atoms with Crippen LogP contribution in [0.2, 0.25) is 0 Å². The molecule has 0 bridgehead atoms. The predicted molar refractivity (Wildman–Crippen MR) is 89.0 cm³/mol. The largest absolute Gasteiger partial charge is 0.507 e. The highest BCUT2D eigenvalue weighted by molar-refractivity contribution is 14.1. The molecule has 0 atom stereocenters. The lowest BCUT2D eigenvalue weighted by Gasteiger charge is -2.06. The van der Waals surface area contributed by atoms with E-state index in [1.807, 2.05) is 0 Å². The minimum absolute atomic E-state index is 0.0436. The van der Waals surface area contributed by atoms with E-state index in [0.29, 0.717) is 14.5 Å². The number of halogens is 1. The zero-order chi connectivity index (χ0) is 15.9. The van der Waals surface area contributed by atoms with Crippen LogP contribution < -0.4 is 5.43 Å². The van der Waals surface area contributed by atoms with Crippen LogP contribution in [0.3, 0.4) is 0 Å². The maximum Gasteiger partial charge on any atom is 0.281 e. The van der Waals surface area contributed by atoms with E-state index < -0.39 is 4.92 Å². The monoisotopic (exact) mass is 409 g/mol. The lowest BCUT2D eigenvalue weighted by Crippen LogP contribution is -2.01. The molecule has 7 heteroatoms. The first-order chi connectivity index (χ1) is 10.5. The third-order valence-electron chi connectivity index (χ3n) is 3.16. The molecular weight excluding hydrogens is 401 g/mol. The molecule has 0 aliphatic heterocycles. The Hall–Kier alpha value is -2.42. The van der Waals surface area contributed by atoms with Crippen molar-refractivity contribution in [1.29, 1.82) is 0 Å². The average Bonchev–Trinajstić information content (AvgIpc) is 2.49. The maximum atomic E-state index is 12.1. The molecule has 1 aromatic heterocycles. The first-order valence-electron chi connectivity index (χ1n) is 6.17. The molecule has 6 nitrogen and oxygen atoms in total. The van der Waals surface area contributed by atoms with E-state index >= 15 is 0 Å². The van der Waals surface area contributed by atoms with Crippen LogP contribution in [0, 0.1) is 13.7 Å². The number of nitro groups is 1. The molecule has 0 aliphatic carbocycles. The Balaban J connectivity index is 2.34. The number of hydrogen-bond donors (Lipinski definition) is 1. The molecule has 1 N–H and O–H groups in total. The van der Waals surface area contributed by atoms with E-state index in [1.165, 1.54) is 18.2 Å². The molecular formula is C15H8INO5. The fraction of sp³-hybridized carbons (Fsp3) is 0. The smallest absolute Gasteiger partial charge is 0.281 e. The van der Waals surface area contributed by atoms with Gasteiger partial charge in [0.05, 0.1) is 19.4 Å². The van der Waals surface area contributed by atoms with Crippen molar-refractivity contribution in [3.63, 3.8) is 0 Å². The van der Waals surface area contributed by atoms with Crippen LogP contribution in [0.5, 0.6) is 5.75 Å². The molecule has 3 aromatic rings. The van der Waals surface area contributed by atoms with E-state index in [9.17, 15) is 20.0 Å². The Morgan fingerprint density at radius 2 is 1.91 bits per heavy atom. The molecule has 22 heavy (non-hydrogen) atoms. The zero-order valence-corrected chi connectivity index (χ0v) is 13.1. The highest BCUT2D eigenvalue weighted by Gasteiger charge is 2.21. The van der Waals surface area contributed by atoms with Gasteiger partial charge in [-0.15, -0.1) is 0 Å². The van der Waals surface area contributed by atoms with Crippen molar-refractivity contribution in [1.82, 2.24) is 0 Å². The molecule has 0 saturated heterocycles. The summed E-state index contributed by atoms with van der Waals surface area (Å²) in [5, 5.41) is 21.4. The van der Waals surface area contributed by atoms with Crippen LogP contribution in [-0.2, 0) is 0 Å². The Labute approximate surface area is 137 Å². The highest BCUT2D eigenvalue weighted by Crippen LogP contribution is 2.36. The summed E-state index contributed by atoms with van der Waals surface area (Å²) in [6.45, 7) is 0. The summed E-state index contributed by atoms with van der Waals surface area (Å²) in [5.74, 6) is -0.0703. The van der Waals surface area contributed by atoms with Crippen molar-refractivity contribution >= 4 is 39.2 Å². The van der Waals surface area contributed by atoms with Crippen LogP contribution in [0.25, 0.3) is 22.3 Å². The van der Waals surface area contributed by atoms with Crippen LogP contribution in [0.15, 0.2) is 51.7 Å². The molecule has 0 spiro atoms. The minimum Gasteiger partial charge on any atom is -0.507 e. The van der Waals surface area contributed by atoms with E-state index in [4.69, 9.17) is 4.42 Å². The van der Waals surface area contributed by atoms with E-state index in [2.05, 4.69) is 0 Å². The van der Waals surface area contributed by atoms with E-state index in [-0.39, 0.29) is 28.2 Å². The Bertz CT molecular complexity index is 964. The van der Waals surface area contributed by atoms with Crippen molar-refractivity contribution in [2.24, 2.45) is 0 Å². The molecule has 1 heterocycles. The van der Waals surface area contributed by atoms with Crippen LogP contribution in [0.4, 0.5) is 5.69 Å². The number of para-hydroxylation sites is 1. The summed E-state index contributed by atoms with van der Waals surface area (Å²) < 4.78 is 5.94. The second-order valence-electron chi connectivity index (χ2n) is 4.55. The van der Waals surface area contributed by atoms with Crippen molar-refractivity contribution in [3.05, 3.63) is 66.4 Å². The van der Waals surface area contributed by atoms with Crippen LogP contribution in [0.1, 0.15) is 0 Å². The lowest BCUT2D eigenvalue weighted by molar-refractivity contribution is -0.384. The second-order valence-corrected chi connectivity index (χ2v) is 5.71. The first-order valence-corrected chi connectivity index (χ1v) is 7.25. The van der Waals surface area contributed by atoms with Gasteiger partial charge in [0.1, 0.15) is 17.1 Å². The molecule has 0 unspecified atom stereocenters. The molecule has 0 aliphatic rings. The standard InChI is InChI=1S/C15H8INO5/c16-10-6-11(17(20)21)9(5-13(10)19)15-7-12(18)8-3-1-2-4-14(8)22-15/h1-7,19H. The van der Waals surface area contributed by atoms with Gasteiger partial charge in [-0.2, -0.15) is 0 Å². The van der Waals surface area contributed by atoms with Gasteiger partial charge in [-0.1, -0.05) is 12.1 Å². The fourth-order valence-corrected chi connectivity index (χ4v) is 2.59. The third-order valence-corrected chi connectivity index (χ3v) is 4.03. The number of nitrogens with zero attached hydrogens (tertiary/aromatic N) is 1. The van der Waals surface area contributed by atoms with Gasteiger partial charge in [0.25, 0.3) is 5.69 Å².